The molecule has 0 saturated carbocycles. The van der Waals surface area contributed by atoms with Gasteiger partial charge in [-0.1, -0.05) is 54.6 Å². The highest BCUT2D eigenvalue weighted by atomic mass is 16.3. The number of hydrogen-bond acceptors (Lipinski definition) is 4. The third-order valence-corrected chi connectivity index (χ3v) is 5.99. The lowest BCUT2D eigenvalue weighted by Crippen LogP contribution is -2.32. The number of likely N-dealkylation sites (tertiary alicyclic amines) is 1. The van der Waals surface area contributed by atoms with Crippen LogP contribution in [0.25, 0.3) is 0 Å². The molecule has 2 heterocycles. The van der Waals surface area contributed by atoms with E-state index in [1.807, 2.05) is 35.2 Å². The Bertz CT molecular complexity index is 1060. The van der Waals surface area contributed by atoms with Crippen LogP contribution in [0, 0.1) is 6.92 Å². The number of amides is 2. The second-order valence-electron chi connectivity index (χ2n) is 8.27. The molecule has 1 atom stereocenters. The summed E-state index contributed by atoms with van der Waals surface area (Å²) in [4.78, 5) is 31.4. The van der Waals surface area contributed by atoms with Crippen molar-refractivity contribution in [1.29, 1.82) is 0 Å². The van der Waals surface area contributed by atoms with Gasteiger partial charge in [-0.05, 0) is 36.5 Å². The molecule has 6 heteroatoms. The number of carbonyl (C=O) groups is 2. The lowest BCUT2D eigenvalue weighted by atomic mass is 10.0. The number of aromatic nitrogens is 1. The maximum Gasteiger partial charge on any atom is 0.223 e. The summed E-state index contributed by atoms with van der Waals surface area (Å²) in [5, 5.41) is 2.81. The zero-order valence-electron chi connectivity index (χ0n) is 18.4. The molecule has 3 aromatic rings. The van der Waals surface area contributed by atoms with Crippen LogP contribution in [-0.2, 0) is 22.6 Å². The quantitative estimate of drug-likeness (QED) is 0.576. The van der Waals surface area contributed by atoms with Gasteiger partial charge >= 0.3 is 0 Å². The Hall–Kier alpha value is -3.41. The molecule has 32 heavy (non-hydrogen) atoms. The molecule has 1 fully saturated rings. The molecule has 1 aliphatic heterocycles. The lowest BCUT2D eigenvalue weighted by Gasteiger charge is -2.25. The SMILES string of the molecule is Cc1ccccc1Cc1coc(CNC(=O)CCC(=O)N2CCCC2c2ccccc2)n1. The molecule has 0 aliphatic carbocycles. The third kappa shape index (κ3) is 5.44. The number of carbonyl (C=O) groups excluding carboxylic acids is 2. The van der Waals surface area contributed by atoms with Crippen LogP contribution >= 0.6 is 0 Å². The molecule has 0 radical (unpaired) electrons. The van der Waals surface area contributed by atoms with Gasteiger partial charge in [-0.2, -0.15) is 0 Å². The van der Waals surface area contributed by atoms with Gasteiger partial charge in [-0.3, -0.25) is 9.59 Å². The van der Waals surface area contributed by atoms with Gasteiger partial charge in [0, 0.05) is 25.8 Å². The second kappa shape index (κ2) is 10.3. The summed E-state index contributed by atoms with van der Waals surface area (Å²) >= 11 is 0. The van der Waals surface area contributed by atoms with Gasteiger partial charge in [0.25, 0.3) is 0 Å². The van der Waals surface area contributed by atoms with E-state index in [1.165, 1.54) is 11.1 Å². The van der Waals surface area contributed by atoms with Gasteiger partial charge in [0.15, 0.2) is 0 Å². The van der Waals surface area contributed by atoms with E-state index >= 15 is 0 Å². The molecule has 0 spiro atoms. The van der Waals surface area contributed by atoms with Crippen LogP contribution in [0.3, 0.4) is 0 Å². The fraction of sp³-hybridized carbons (Fsp3) is 0.346. The highest BCUT2D eigenvalue weighted by molar-refractivity contribution is 5.84. The summed E-state index contributed by atoms with van der Waals surface area (Å²) in [5.74, 6) is 0.326. The average Bonchev–Trinajstić information content (AvgIpc) is 3.48. The van der Waals surface area contributed by atoms with Crippen molar-refractivity contribution in [3.63, 3.8) is 0 Å². The summed E-state index contributed by atoms with van der Waals surface area (Å²) in [6, 6.07) is 18.4. The van der Waals surface area contributed by atoms with E-state index < -0.39 is 0 Å². The molecular formula is C26H29N3O3. The first-order valence-electron chi connectivity index (χ1n) is 11.2. The summed E-state index contributed by atoms with van der Waals surface area (Å²) in [6.07, 6.45) is 4.65. The number of nitrogens with one attached hydrogen (secondary N) is 1. The van der Waals surface area contributed by atoms with Crippen molar-refractivity contribution in [1.82, 2.24) is 15.2 Å². The van der Waals surface area contributed by atoms with Crippen molar-refractivity contribution in [2.45, 2.75) is 51.6 Å². The summed E-state index contributed by atoms with van der Waals surface area (Å²) in [5.41, 5.74) is 4.40. The van der Waals surface area contributed by atoms with E-state index in [-0.39, 0.29) is 37.2 Å². The van der Waals surface area contributed by atoms with E-state index in [9.17, 15) is 9.59 Å². The molecule has 6 nitrogen and oxygen atoms in total. The number of hydrogen-bond donors (Lipinski definition) is 1. The smallest absolute Gasteiger partial charge is 0.223 e. The summed E-state index contributed by atoms with van der Waals surface area (Å²) < 4.78 is 5.50. The van der Waals surface area contributed by atoms with Crippen LogP contribution in [-0.4, -0.2) is 28.2 Å². The molecule has 1 N–H and O–H groups in total. The lowest BCUT2D eigenvalue weighted by molar-refractivity contribution is -0.134. The number of rotatable bonds is 8. The van der Waals surface area contributed by atoms with E-state index in [4.69, 9.17) is 4.42 Å². The molecule has 166 valence electrons. The molecule has 1 aliphatic rings. The minimum atomic E-state index is -0.174. The van der Waals surface area contributed by atoms with Gasteiger partial charge in [0.1, 0.15) is 6.26 Å². The minimum Gasteiger partial charge on any atom is -0.447 e. The topological polar surface area (TPSA) is 75.4 Å². The van der Waals surface area contributed by atoms with Crippen LogP contribution in [0.1, 0.15) is 60.0 Å². The molecule has 2 aromatic carbocycles. The predicted molar refractivity (Wildman–Crippen MR) is 122 cm³/mol. The van der Waals surface area contributed by atoms with E-state index in [0.717, 1.165) is 30.6 Å². The Balaban J connectivity index is 1.23. The Kier molecular flexibility index (Phi) is 7.00. The largest absolute Gasteiger partial charge is 0.447 e. The highest BCUT2D eigenvalue weighted by Gasteiger charge is 2.29. The fourth-order valence-corrected chi connectivity index (χ4v) is 4.23. The maximum absolute atomic E-state index is 12.7. The zero-order valence-corrected chi connectivity index (χ0v) is 18.4. The Morgan fingerprint density at radius 1 is 1.09 bits per heavy atom. The van der Waals surface area contributed by atoms with Crippen molar-refractivity contribution in [2.24, 2.45) is 0 Å². The Morgan fingerprint density at radius 2 is 1.88 bits per heavy atom. The molecule has 1 saturated heterocycles. The van der Waals surface area contributed by atoms with Crippen molar-refractivity contribution in [2.75, 3.05) is 6.54 Å². The Morgan fingerprint density at radius 3 is 2.69 bits per heavy atom. The van der Waals surface area contributed by atoms with E-state index in [2.05, 4.69) is 41.5 Å². The first-order chi connectivity index (χ1) is 15.6. The Labute approximate surface area is 188 Å². The number of oxazole rings is 1. The molecule has 0 bridgehead atoms. The average molecular weight is 432 g/mol. The van der Waals surface area contributed by atoms with Crippen LogP contribution in [0.5, 0.6) is 0 Å². The summed E-state index contributed by atoms with van der Waals surface area (Å²) in [7, 11) is 0. The molecule has 1 aromatic heterocycles. The normalized spacial score (nSPS) is 15.7. The first kappa shape index (κ1) is 21.8. The van der Waals surface area contributed by atoms with Crippen molar-refractivity contribution in [3.05, 3.63) is 89.1 Å². The maximum atomic E-state index is 12.7. The van der Waals surface area contributed by atoms with Crippen LogP contribution in [0.4, 0.5) is 0 Å². The van der Waals surface area contributed by atoms with E-state index in [0.29, 0.717) is 12.3 Å². The number of aryl methyl sites for hydroxylation is 1. The monoisotopic (exact) mass is 431 g/mol. The van der Waals surface area contributed by atoms with Gasteiger partial charge in [-0.25, -0.2) is 4.98 Å². The molecule has 2 amide bonds. The fourth-order valence-electron chi connectivity index (χ4n) is 4.23. The van der Waals surface area contributed by atoms with E-state index in [1.54, 1.807) is 6.26 Å². The molecule has 1 unspecified atom stereocenters. The van der Waals surface area contributed by atoms with Crippen LogP contribution < -0.4 is 5.32 Å². The van der Waals surface area contributed by atoms with Gasteiger partial charge in [-0.15, -0.1) is 0 Å². The molecule has 4 rings (SSSR count). The highest BCUT2D eigenvalue weighted by Crippen LogP contribution is 2.32. The summed E-state index contributed by atoms with van der Waals surface area (Å²) in [6.45, 7) is 3.04. The van der Waals surface area contributed by atoms with Crippen molar-refractivity contribution < 1.29 is 14.0 Å². The second-order valence-corrected chi connectivity index (χ2v) is 8.27. The standard InChI is InChI=1S/C26H29N3O3/c1-19-8-5-6-11-21(19)16-22-18-32-25(28-22)17-27-24(30)13-14-26(31)29-15-7-12-23(29)20-9-3-2-4-10-20/h2-6,8-11,18,23H,7,12-17H2,1H3,(H,27,30). The van der Waals surface area contributed by atoms with Crippen molar-refractivity contribution >= 4 is 11.8 Å². The number of benzene rings is 2. The van der Waals surface area contributed by atoms with Gasteiger partial charge in [0.2, 0.25) is 17.7 Å². The van der Waals surface area contributed by atoms with Crippen LogP contribution in [0.15, 0.2) is 65.3 Å². The predicted octanol–water partition coefficient (Wildman–Crippen LogP) is 4.33. The van der Waals surface area contributed by atoms with Crippen molar-refractivity contribution in [3.8, 4) is 0 Å². The molecular weight excluding hydrogens is 402 g/mol. The first-order valence-corrected chi connectivity index (χ1v) is 11.2. The number of nitrogens with zero attached hydrogens (tertiary/aromatic N) is 2. The third-order valence-electron chi connectivity index (χ3n) is 5.99. The zero-order chi connectivity index (χ0) is 22.3. The minimum absolute atomic E-state index is 0.0307. The van der Waals surface area contributed by atoms with Crippen LogP contribution in [0.2, 0.25) is 0 Å². The van der Waals surface area contributed by atoms with Gasteiger partial charge < -0.3 is 14.6 Å². The van der Waals surface area contributed by atoms with Gasteiger partial charge in [0.05, 0.1) is 18.3 Å².